The lowest BCUT2D eigenvalue weighted by molar-refractivity contribution is -0.00387. The van der Waals surface area contributed by atoms with Gasteiger partial charge in [0.25, 0.3) is 8.32 Å². The normalized spacial score (nSPS) is 18.0. The molecule has 3 aromatic rings. The van der Waals surface area contributed by atoms with Crippen LogP contribution in [0.4, 0.5) is 4.79 Å². The molecule has 6 heteroatoms. The van der Waals surface area contributed by atoms with E-state index in [0.717, 1.165) is 5.56 Å². The maximum Gasteiger partial charge on any atom is 0.410 e. The minimum Gasteiger partial charge on any atom is -0.444 e. The van der Waals surface area contributed by atoms with Gasteiger partial charge < -0.3 is 13.9 Å². The Morgan fingerprint density at radius 3 is 1.82 bits per heavy atom. The minimum absolute atomic E-state index is 0.171. The second-order valence-corrected chi connectivity index (χ2v) is 16.7. The highest BCUT2D eigenvalue weighted by atomic mass is 28.4. The summed E-state index contributed by atoms with van der Waals surface area (Å²) in [7, 11) is -2.80. The number of hydrogen-bond donors (Lipinski definition) is 0. The maximum atomic E-state index is 13.5. The number of amides is 1. The summed E-state index contributed by atoms with van der Waals surface area (Å²) < 4.78 is 19.2. The van der Waals surface area contributed by atoms with Gasteiger partial charge in [-0.05, 0) is 41.7 Å². The summed E-state index contributed by atoms with van der Waals surface area (Å²) in [5.74, 6) is 0. The molecule has 1 amide bonds. The highest BCUT2D eigenvalue weighted by Gasteiger charge is 2.52. The Balaban J connectivity index is 1.65. The van der Waals surface area contributed by atoms with Crippen LogP contribution in [-0.4, -0.2) is 50.2 Å². The van der Waals surface area contributed by atoms with Crippen molar-refractivity contribution in [3.05, 3.63) is 109 Å². The molecule has 0 radical (unpaired) electrons. The van der Waals surface area contributed by atoms with E-state index in [2.05, 4.69) is 75.4 Å². The summed E-state index contributed by atoms with van der Waals surface area (Å²) in [6, 6.07) is 31.0. The van der Waals surface area contributed by atoms with Gasteiger partial charge in [0.2, 0.25) is 0 Å². The third kappa shape index (κ3) is 7.11. The van der Waals surface area contributed by atoms with Gasteiger partial charge in [0.05, 0.1) is 31.9 Å². The minimum atomic E-state index is -2.80. The van der Waals surface area contributed by atoms with Crippen LogP contribution in [0.2, 0.25) is 5.04 Å². The lowest BCUT2D eigenvalue weighted by atomic mass is 10.1. The van der Waals surface area contributed by atoms with Gasteiger partial charge in [-0.25, -0.2) is 4.79 Å². The van der Waals surface area contributed by atoms with Crippen molar-refractivity contribution in [1.29, 1.82) is 0 Å². The van der Waals surface area contributed by atoms with Gasteiger partial charge in [-0.15, -0.1) is 0 Å². The molecular formula is C34H43NO4Si. The zero-order chi connectivity index (χ0) is 28.8. The summed E-state index contributed by atoms with van der Waals surface area (Å²) in [4.78, 5) is 15.2. The summed E-state index contributed by atoms with van der Waals surface area (Å²) in [5, 5.41) is 2.24. The van der Waals surface area contributed by atoms with Gasteiger partial charge in [-0.1, -0.05) is 124 Å². The van der Waals surface area contributed by atoms with E-state index in [1.54, 1.807) is 4.90 Å². The van der Waals surface area contributed by atoms with Crippen molar-refractivity contribution >= 4 is 24.8 Å². The second kappa shape index (κ2) is 12.5. The molecule has 0 N–H and O–H groups in total. The highest BCUT2D eigenvalue weighted by Crippen LogP contribution is 2.38. The van der Waals surface area contributed by atoms with Gasteiger partial charge >= 0.3 is 6.09 Å². The predicted octanol–water partition coefficient (Wildman–Crippen LogP) is 6.32. The molecule has 0 unspecified atom stereocenters. The SMILES string of the molecule is CC(C)(C)OC(=O)N1C[C@H](O[Si](c2ccccc2)(c2ccccc2)C(C)(C)C)C=C[C@@H]1COCc1ccccc1. The van der Waals surface area contributed by atoms with Crippen molar-refractivity contribution in [2.24, 2.45) is 0 Å². The molecule has 3 aromatic carbocycles. The largest absolute Gasteiger partial charge is 0.444 e. The Labute approximate surface area is 240 Å². The van der Waals surface area contributed by atoms with Crippen LogP contribution in [0.3, 0.4) is 0 Å². The van der Waals surface area contributed by atoms with Crippen molar-refractivity contribution in [2.75, 3.05) is 13.2 Å². The number of hydrogen-bond acceptors (Lipinski definition) is 4. The van der Waals surface area contributed by atoms with E-state index in [1.807, 2.05) is 69.3 Å². The fourth-order valence-corrected chi connectivity index (χ4v) is 9.91. The van der Waals surface area contributed by atoms with E-state index in [0.29, 0.717) is 19.8 Å². The Bertz CT molecular complexity index is 1210. The predicted molar refractivity (Wildman–Crippen MR) is 164 cm³/mol. The van der Waals surface area contributed by atoms with E-state index in [4.69, 9.17) is 13.9 Å². The quantitative estimate of drug-likeness (QED) is 0.240. The van der Waals surface area contributed by atoms with Crippen molar-refractivity contribution < 1.29 is 18.7 Å². The van der Waals surface area contributed by atoms with Gasteiger partial charge in [-0.2, -0.15) is 0 Å². The van der Waals surface area contributed by atoms with Crippen molar-refractivity contribution in [1.82, 2.24) is 4.90 Å². The number of ether oxygens (including phenoxy) is 2. The van der Waals surface area contributed by atoms with E-state index in [1.165, 1.54) is 10.4 Å². The number of nitrogens with zero attached hydrogens (tertiary/aromatic N) is 1. The van der Waals surface area contributed by atoms with E-state index in [-0.39, 0.29) is 23.3 Å². The Hall–Kier alpha value is -3.19. The van der Waals surface area contributed by atoms with Crippen LogP contribution in [0, 0.1) is 0 Å². The molecule has 1 aliphatic rings. The van der Waals surface area contributed by atoms with Crippen LogP contribution >= 0.6 is 0 Å². The number of rotatable bonds is 8. The van der Waals surface area contributed by atoms with Crippen LogP contribution in [0.15, 0.2) is 103 Å². The number of carbonyl (C=O) groups excluding carboxylic acids is 1. The number of carbonyl (C=O) groups is 1. The topological polar surface area (TPSA) is 48.0 Å². The first-order valence-electron chi connectivity index (χ1n) is 14.1. The van der Waals surface area contributed by atoms with Crippen LogP contribution in [0.5, 0.6) is 0 Å². The third-order valence-corrected chi connectivity index (χ3v) is 12.2. The third-order valence-electron chi connectivity index (χ3n) is 7.10. The maximum absolute atomic E-state index is 13.5. The van der Waals surface area contributed by atoms with Crippen LogP contribution in [0.25, 0.3) is 0 Å². The molecule has 0 saturated carbocycles. The molecule has 1 heterocycles. The average Bonchev–Trinajstić information content (AvgIpc) is 2.92. The fraction of sp³-hybridized carbons (Fsp3) is 0.382. The first-order valence-corrected chi connectivity index (χ1v) is 16.0. The molecule has 0 aromatic heterocycles. The van der Waals surface area contributed by atoms with Crippen molar-refractivity contribution in [3.63, 3.8) is 0 Å². The molecule has 212 valence electrons. The summed E-state index contributed by atoms with van der Waals surface area (Å²) in [6.45, 7) is 13.7. The fourth-order valence-electron chi connectivity index (χ4n) is 5.29. The van der Waals surface area contributed by atoms with Crippen LogP contribution in [-0.2, 0) is 20.5 Å². The van der Waals surface area contributed by atoms with E-state index >= 15 is 0 Å². The molecule has 0 fully saturated rings. The van der Waals surface area contributed by atoms with Gasteiger partial charge in [0, 0.05) is 0 Å². The average molecular weight is 558 g/mol. The zero-order valence-corrected chi connectivity index (χ0v) is 25.7. The molecule has 4 rings (SSSR count). The van der Waals surface area contributed by atoms with Crippen LogP contribution < -0.4 is 10.4 Å². The molecular weight excluding hydrogens is 514 g/mol. The van der Waals surface area contributed by atoms with Gasteiger partial charge in [0.15, 0.2) is 0 Å². The molecule has 2 atom stereocenters. The molecule has 0 spiro atoms. The molecule has 0 saturated heterocycles. The van der Waals surface area contributed by atoms with Crippen LogP contribution in [0.1, 0.15) is 47.1 Å². The monoisotopic (exact) mass is 557 g/mol. The number of benzene rings is 3. The summed E-state index contributed by atoms with van der Waals surface area (Å²) in [6.07, 6.45) is 3.49. The standard InChI is InChI=1S/C34H43NO4Si/c1-33(2,3)38-32(36)35-24-29(23-22-28(35)26-37-25-27-16-10-7-11-17-27)39-40(34(4,5)6,30-18-12-8-13-19-30)31-20-14-9-15-21-31/h7-23,28-29H,24-26H2,1-6H3/t28-,29-/m1/s1. The van der Waals surface area contributed by atoms with Crippen molar-refractivity contribution in [3.8, 4) is 0 Å². The molecule has 40 heavy (non-hydrogen) atoms. The second-order valence-electron chi connectivity index (χ2n) is 12.4. The summed E-state index contributed by atoms with van der Waals surface area (Å²) in [5.41, 5.74) is 0.487. The van der Waals surface area contributed by atoms with Gasteiger partial charge in [-0.3, -0.25) is 4.90 Å². The van der Waals surface area contributed by atoms with E-state index < -0.39 is 13.9 Å². The molecule has 5 nitrogen and oxygen atoms in total. The lowest BCUT2D eigenvalue weighted by Crippen LogP contribution is -2.68. The molecule has 0 bridgehead atoms. The zero-order valence-electron chi connectivity index (χ0n) is 24.7. The first-order chi connectivity index (χ1) is 19.0. The van der Waals surface area contributed by atoms with Crippen molar-refractivity contribution in [2.45, 2.75) is 70.9 Å². The summed E-state index contributed by atoms with van der Waals surface area (Å²) >= 11 is 0. The van der Waals surface area contributed by atoms with E-state index in [9.17, 15) is 4.79 Å². The lowest BCUT2D eigenvalue weighted by Gasteiger charge is -2.46. The van der Waals surface area contributed by atoms with Gasteiger partial charge in [0.1, 0.15) is 5.60 Å². The first kappa shape index (κ1) is 29.8. The Morgan fingerprint density at radius 2 is 1.32 bits per heavy atom. The Kier molecular flexibility index (Phi) is 9.34. The smallest absolute Gasteiger partial charge is 0.410 e. The highest BCUT2D eigenvalue weighted by molar-refractivity contribution is 6.99. The molecule has 1 aliphatic heterocycles. The Morgan fingerprint density at radius 1 is 0.800 bits per heavy atom. The molecule has 0 aliphatic carbocycles.